The Morgan fingerprint density at radius 1 is 1.06 bits per heavy atom. The lowest BCUT2D eigenvalue weighted by Gasteiger charge is -2.28. The molecule has 0 radical (unpaired) electrons. The van der Waals surface area contributed by atoms with Gasteiger partial charge >= 0.3 is 0 Å². The first-order valence-electron chi connectivity index (χ1n) is 10.6. The molecule has 4 rings (SSSR count). The number of anilines is 1. The normalized spacial score (nSPS) is 15.7. The van der Waals surface area contributed by atoms with Gasteiger partial charge in [0.15, 0.2) is 0 Å². The van der Waals surface area contributed by atoms with Crippen LogP contribution in [-0.4, -0.2) is 35.2 Å². The zero-order chi connectivity index (χ0) is 23.5. The minimum atomic E-state index is -1.02. The number of rotatable bonds is 6. The first-order chi connectivity index (χ1) is 15.8. The lowest BCUT2D eigenvalue weighted by Crippen LogP contribution is -2.46. The maximum atomic E-state index is 14.4. The van der Waals surface area contributed by atoms with Gasteiger partial charge in [-0.25, -0.2) is 9.29 Å². The molecule has 0 bridgehead atoms. The van der Waals surface area contributed by atoms with Crippen molar-refractivity contribution in [2.24, 2.45) is 0 Å². The Balaban J connectivity index is 1.65. The van der Waals surface area contributed by atoms with Gasteiger partial charge in [-0.1, -0.05) is 53.6 Å². The Bertz CT molecular complexity index is 1210. The first-order valence-corrected chi connectivity index (χ1v) is 11.0. The smallest absolute Gasteiger partial charge is 0.257 e. The molecule has 1 heterocycles. The van der Waals surface area contributed by atoms with Crippen LogP contribution in [0.25, 0.3) is 0 Å². The Kier molecular flexibility index (Phi) is 6.56. The number of imide groups is 1. The summed E-state index contributed by atoms with van der Waals surface area (Å²) in [5.41, 5.74) is 2.16. The van der Waals surface area contributed by atoms with E-state index in [9.17, 15) is 18.8 Å². The van der Waals surface area contributed by atoms with Crippen molar-refractivity contribution in [2.75, 3.05) is 11.4 Å². The lowest BCUT2D eigenvalue weighted by molar-refractivity contribution is -0.122. The largest absolute Gasteiger partial charge is 0.326 e. The van der Waals surface area contributed by atoms with Crippen molar-refractivity contribution >= 4 is 35.0 Å². The summed E-state index contributed by atoms with van der Waals surface area (Å²) < 4.78 is 14.4. The van der Waals surface area contributed by atoms with Gasteiger partial charge in [-0.15, -0.1) is 0 Å². The lowest BCUT2D eigenvalue weighted by atomic mass is 10.1. The van der Waals surface area contributed by atoms with Gasteiger partial charge in [0.05, 0.1) is 17.7 Å². The Labute approximate surface area is 196 Å². The van der Waals surface area contributed by atoms with E-state index >= 15 is 0 Å². The molecule has 0 N–H and O–H groups in total. The number of nitrogens with zero attached hydrogens (tertiary/aromatic N) is 2. The van der Waals surface area contributed by atoms with Gasteiger partial charge in [-0.05, 0) is 55.3 Å². The van der Waals surface area contributed by atoms with Crippen molar-refractivity contribution in [3.8, 4) is 0 Å². The zero-order valence-corrected chi connectivity index (χ0v) is 18.8. The van der Waals surface area contributed by atoms with Gasteiger partial charge in [0.25, 0.3) is 11.8 Å². The van der Waals surface area contributed by atoms with Crippen molar-refractivity contribution in [1.82, 2.24) is 4.90 Å². The van der Waals surface area contributed by atoms with E-state index in [-0.39, 0.29) is 18.5 Å². The van der Waals surface area contributed by atoms with E-state index in [2.05, 4.69) is 0 Å². The number of halogens is 2. The molecule has 7 heteroatoms. The Hall–Kier alpha value is -3.51. The summed E-state index contributed by atoms with van der Waals surface area (Å²) in [6, 6.07) is 18.8. The highest BCUT2D eigenvalue weighted by Crippen LogP contribution is 2.28. The molecular formula is C26H22ClFN2O3. The summed E-state index contributed by atoms with van der Waals surface area (Å²) in [5, 5.41) is 0.553. The van der Waals surface area contributed by atoms with E-state index in [1.807, 2.05) is 25.1 Å². The van der Waals surface area contributed by atoms with Crippen LogP contribution in [0.5, 0.6) is 0 Å². The van der Waals surface area contributed by atoms with Crippen LogP contribution in [0.1, 0.15) is 27.9 Å². The second kappa shape index (κ2) is 9.55. The number of benzene rings is 3. The molecule has 3 amide bonds. The zero-order valence-electron chi connectivity index (χ0n) is 18.0. The average Bonchev–Trinajstić information content (AvgIpc) is 3.08. The van der Waals surface area contributed by atoms with Gasteiger partial charge < -0.3 is 4.90 Å². The first kappa shape index (κ1) is 22.7. The van der Waals surface area contributed by atoms with Gasteiger partial charge in [-0.3, -0.25) is 14.4 Å². The van der Waals surface area contributed by atoms with Crippen LogP contribution < -0.4 is 4.90 Å². The molecule has 0 aromatic heterocycles. The van der Waals surface area contributed by atoms with Crippen molar-refractivity contribution in [3.63, 3.8) is 0 Å². The van der Waals surface area contributed by atoms with Crippen molar-refractivity contribution < 1.29 is 18.8 Å². The third-order valence-corrected chi connectivity index (χ3v) is 5.92. The number of hydrogen-bond acceptors (Lipinski definition) is 3. The fraction of sp³-hybridized carbons (Fsp3) is 0.192. The maximum Gasteiger partial charge on any atom is 0.257 e. The highest BCUT2D eigenvalue weighted by molar-refractivity contribution is 6.30. The van der Waals surface area contributed by atoms with Crippen molar-refractivity contribution in [1.29, 1.82) is 0 Å². The maximum absolute atomic E-state index is 14.4. The highest BCUT2D eigenvalue weighted by Gasteiger charge is 2.44. The molecule has 0 saturated carbocycles. The number of hydrogen-bond donors (Lipinski definition) is 0. The van der Waals surface area contributed by atoms with Gasteiger partial charge in [0.2, 0.25) is 5.91 Å². The van der Waals surface area contributed by atoms with E-state index in [1.54, 1.807) is 36.4 Å². The third-order valence-electron chi connectivity index (χ3n) is 5.69. The summed E-state index contributed by atoms with van der Waals surface area (Å²) in [4.78, 5) is 41.9. The van der Waals surface area contributed by atoms with Crippen LogP contribution >= 0.6 is 11.6 Å². The molecule has 3 aromatic rings. The second-order valence-corrected chi connectivity index (χ2v) is 8.42. The molecule has 5 nitrogen and oxygen atoms in total. The number of carbonyl (C=O) groups excluding carboxylic acids is 3. The van der Waals surface area contributed by atoms with E-state index in [4.69, 9.17) is 11.6 Å². The third kappa shape index (κ3) is 4.81. The second-order valence-electron chi connectivity index (χ2n) is 7.98. The van der Waals surface area contributed by atoms with Crippen LogP contribution in [0.3, 0.4) is 0 Å². The van der Waals surface area contributed by atoms with Crippen molar-refractivity contribution in [2.45, 2.75) is 25.8 Å². The average molecular weight is 465 g/mol. The SMILES string of the molecule is Cc1ccc(N2C(=O)CC(N(CCc3cccc(Cl)c3)C(=O)c3ccccc3F)C2=O)cc1. The standard InChI is InChI=1S/C26H22ClFN2O3/c1-17-9-11-20(12-10-17)30-24(31)16-23(26(30)33)29(14-13-18-5-4-6-19(27)15-18)25(32)21-7-2-3-8-22(21)28/h2-12,15,23H,13-14,16H2,1H3. The Morgan fingerprint density at radius 3 is 2.48 bits per heavy atom. The van der Waals surface area contributed by atoms with Gasteiger partial charge in [0, 0.05) is 11.6 Å². The molecule has 168 valence electrons. The predicted molar refractivity (Wildman–Crippen MR) is 125 cm³/mol. The van der Waals surface area contributed by atoms with E-state index in [0.29, 0.717) is 17.1 Å². The topological polar surface area (TPSA) is 57.7 Å². The molecule has 0 aliphatic carbocycles. The summed E-state index contributed by atoms with van der Waals surface area (Å²) in [6.45, 7) is 2.03. The van der Waals surface area contributed by atoms with E-state index < -0.39 is 29.6 Å². The molecule has 1 fully saturated rings. The molecular weight excluding hydrogens is 443 g/mol. The summed E-state index contributed by atoms with van der Waals surface area (Å²) in [6.07, 6.45) is 0.228. The fourth-order valence-corrected chi connectivity index (χ4v) is 4.17. The number of aryl methyl sites for hydroxylation is 1. The minimum Gasteiger partial charge on any atom is -0.326 e. The quantitative estimate of drug-likeness (QED) is 0.492. The molecule has 3 aromatic carbocycles. The molecule has 1 aliphatic heterocycles. The minimum absolute atomic E-state index is 0.124. The van der Waals surface area contributed by atoms with Crippen LogP contribution in [-0.2, 0) is 16.0 Å². The predicted octanol–water partition coefficient (Wildman–Crippen LogP) is 4.80. The summed E-state index contributed by atoms with van der Waals surface area (Å²) in [5.74, 6) is -2.21. The van der Waals surface area contributed by atoms with Gasteiger partial charge in [-0.2, -0.15) is 0 Å². The summed E-state index contributed by atoms with van der Waals surface area (Å²) in [7, 11) is 0. The van der Waals surface area contributed by atoms with Crippen LogP contribution in [0.4, 0.5) is 10.1 Å². The molecule has 1 atom stereocenters. The highest BCUT2D eigenvalue weighted by atomic mass is 35.5. The van der Waals surface area contributed by atoms with Crippen LogP contribution in [0.2, 0.25) is 5.02 Å². The molecule has 0 spiro atoms. The van der Waals surface area contributed by atoms with E-state index in [0.717, 1.165) is 16.0 Å². The van der Waals surface area contributed by atoms with Crippen molar-refractivity contribution in [3.05, 3.63) is 100 Å². The van der Waals surface area contributed by atoms with Gasteiger partial charge in [0.1, 0.15) is 11.9 Å². The van der Waals surface area contributed by atoms with Crippen LogP contribution in [0.15, 0.2) is 72.8 Å². The molecule has 1 aliphatic rings. The number of carbonyl (C=O) groups is 3. The molecule has 33 heavy (non-hydrogen) atoms. The Morgan fingerprint density at radius 2 is 1.79 bits per heavy atom. The molecule has 1 unspecified atom stereocenters. The van der Waals surface area contributed by atoms with Crippen LogP contribution in [0, 0.1) is 12.7 Å². The fourth-order valence-electron chi connectivity index (χ4n) is 3.95. The summed E-state index contributed by atoms with van der Waals surface area (Å²) >= 11 is 6.07. The monoisotopic (exact) mass is 464 g/mol. The number of amides is 3. The van der Waals surface area contributed by atoms with E-state index in [1.165, 1.54) is 23.1 Å². The molecule has 1 saturated heterocycles.